The number of likely N-dealkylation sites (N-methyl/N-ethyl adjacent to an activating group) is 1. The first-order valence-corrected chi connectivity index (χ1v) is 11.1. The molecular formula is C21H25FN2S2. The van der Waals surface area contributed by atoms with E-state index in [0.29, 0.717) is 6.04 Å². The summed E-state index contributed by atoms with van der Waals surface area (Å²) in [6.45, 7) is 6.60. The Morgan fingerprint density at radius 2 is 1.88 bits per heavy atom. The maximum Gasteiger partial charge on any atom is 0.124 e. The van der Waals surface area contributed by atoms with Gasteiger partial charge in [-0.25, -0.2) is 4.39 Å². The third-order valence-corrected chi connectivity index (χ3v) is 7.36. The van der Waals surface area contributed by atoms with Gasteiger partial charge in [-0.3, -0.25) is 4.90 Å². The summed E-state index contributed by atoms with van der Waals surface area (Å²) < 4.78 is 13.8. The summed E-state index contributed by atoms with van der Waals surface area (Å²) in [5.74, 6) is 0.935. The number of rotatable bonds is 3. The van der Waals surface area contributed by atoms with Gasteiger partial charge in [0.05, 0.1) is 0 Å². The molecular weight excluding hydrogens is 363 g/mol. The number of benzene rings is 2. The van der Waals surface area contributed by atoms with E-state index in [9.17, 15) is 4.39 Å². The van der Waals surface area contributed by atoms with Gasteiger partial charge >= 0.3 is 0 Å². The van der Waals surface area contributed by atoms with Crippen molar-refractivity contribution in [1.29, 1.82) is 0 Å². The molecule has 0 spiro atoms. The van der Waals surface area contributed by atoms with Crippen LogP contribution in [0.5, 0.6) is 0 Å². The topological polar surface area (TPSA) is 6.48 Å². The van der Waals surface area contributed by atoms with Crippen LogP contribution in [0.4, 0.5) is 4.39 Å². The van der Waals surface area contributed by atoms with Crippen LogP contribution in [0.1, 0.15) is 24.1 Å². The number of fused-ring (bicyclic) bond motifs is 2. The molecule has 2 nitrogen and oxygen atoms in total. The van der Waals surface area contributed by atoms with Crippen LogP contribution in [0, 0.1) is 5.82 Å². The second-order valence-corrected chi connectivity index (χ2v) is 9.47. The standard InChI is InChI=1S/C21H25FN2S2/c1-3-25-17-6-7-20-18(14-17)19(24-10-8-23(2)9-11-24)12-15-4-5-16(22)13-21(15)26-20/h4-7,13-14,19H,3,8-12H2,1-2H3/t19-/m1/s1. The van der Waals surface area contributed by atoms with Crippen molar-refractivity contribution in [3.8, 4) is 0 Å². The molecule has 5 heteroatoms. The molecule has 1 atom stereocenters. The van der Waals surface area contributed by atoms with Crippen molar-refractivity contribution in [2.45, 2.75) is 34.1 Å². The lowest BCUT2D eigenvalue weighted by atomic mass is 9.96. The van der Waals surface area contributed by atoms with Crippen molar-refractivity contribution in [2.75, 3.05) is 39.0 Å². The Bertz CT molecular complexity index is 788. The first kappa shape index (κ1) is 18.4. The van der Waals surface area contributed by atoms with Crippen molar-refractivity contribution in [3.05, 3.63) is 53.3 Å². The molecule has 0 aliphatic carbocycles. The average Bonchev–Trinajstić information content (AvgIpc) is 2.79. The van der Waals surface area contributed by atoms with Crippen molar-refractivity contribution in [1.82, 2.24) is 9.80 Å². The lowest BCUT2D eigenvalue weighted by Gasteiger charge is -2.38. The minimum Gasteiger partial charge on any atom is -0.304 e. The van der Waals surface area contributed by atoms with Gasteiger partial charge in [-0.2, -0.15) is 0 Å². The third kappa shape index (κ3) is 3.81. The van der Waals surface area contributed by atoms with E-state index in [1.165, 1.54) is 20.9 Å². The van der Waals surface area contributed by atoms with E-state index in [-0.39, 0.29) is 5.82 Å². The molecule has 0 saturated carbocycles. The fraction of sp³-hybridized carbons (Fsp3) is 0.429. The number of nitrogens with zero attached hydrogens (tertiary/aromatic N) is 2. The van der Waals surface area contributed by atoms with Crippen LogP contribution in [0.25, 0.3) is 0 Å². The molecule has 0 unspecified atom stereocenters. The van der Waals surface area contributed by atoms with Gasteiger partial charge in [0, 0.05) is 46.9 Å². The fourth-order valence-electron chi connectivity index (χ4n) is 3.82. The summed E-state index contributed by atoms with van der Waals surface area (Å²) in [6.07, 6.45) is 0.958. The first-order valence-electron chi connectivity index (χ1n) is 9.29. The second-order valence-electron chi connectivity index (χ2n) is 7.05. The number of thioether (sulfide) groups is 1. The fourth-order valence-corrected chi connectivity index (χ4v) is 5.67. The Balaban J connectivity index is 1.75. The molecule has 4 rings (SSSR count). The molecule has 0 radical (unpaired) electrons. The second kappa shape index (κ2) is 7.93. The summed E-state index contributed by atoms with van der Waals surface area (Å²) >= 11 is 3.62. The van der Waals surface area contributed by atoms with E-state index >= 15 is 0 Å². The minimum absolute atomic E-state index is 0.144. The van der Waals surface area contributed by atoms with E-state index < -0.39 is 0 Å². The quantitative estimate of drug-likeness (QED) is 0.687. The van der Waals surface area contributed by atoms with E-state index in [0.717, 1.165) is 43.2 Å². The van der Waals surface area contributed by atoms with E-state index in [1.807, 2.05) is 17.8 Å². The zero-order valence-electron chi connectivity index (χ0n) is 15.4. The van der Waals surface area contributed by atoms with Crippen LogP contribution in [-0.4, -0.2) is 48.8 Å². The Labute approximate surface area is 164 Å². The molecule has 2 aromatic carbocycles. The molecule has 2 aliphatic rings. The monoisotopic (exact) mass is 388 g/mol. The van der Waals surface area contributed by atoms with Gasteiger partial charge in [0.15, 0.2) is 0 Å². The van der Waals surface area contributed by atoms with Crippen LogP contribution in [0.3, 0.4) is 0 Å². The zero-order valence-corrected chi connectivity index (χ0v) is 17.0. The van der Waals surface area contributed by atoms with Gasteiger partial charge < -0.3 is 4.90 Å². The highest BCUT2D eigenvalue weighted by atomic mass is 32.2. The summed E-state index contributed by atoms with van der Waals surface area (Å²) in [7, 11) is 2.20. The van der Waals surface area contributed by atoms with E-state index in [4.69, 9.17) is 0 Å². The van der Waals surface area contributed by atoms with Crippen LogP contribution in [0.15, 0.2) is 51.1 Å². The average molecular weight is 389 g/mol. The highest BCUT2D eigenvalue weighted by molar-refractivity contribution is 7.99. The summed E-state index contributed by atoms with van der Waals surface area (Å²) in [5, 5.41) is 0. The predicted molar refractivity (Wildman–Crippen MR) is 109 cm³/mol. The molecule has 1 saturated heterocycles. The van der Waals surface area contributed by atoms with Crippen LogP contribution < -0.4 is 0 Å². The summed E-state index contributed by atoms with van der Waals surface area (Å²) in [4.78, 5) is 8.70. The SMILES string of the molecule is CCSc1ccc2c(c1)[C@H](N1CCN(C)CC1)Cc1ccc(F)cc1S2. The van der Waals surface area contributed by atoms with Crippen molar-refractivity contribution in [3.63, 3.8) is 0 Å². The molecule has 2 heterocycles. The van der Waals surface area contributed by atoms with Crippen LogP contribution in [0.2, 0.25) is 0 Å². The highest BCUT2D eigenvalue weighted by Gasteiger charge is 2.29. The van der Waals surface area contributed by atoms with Gasteiger partial charge in [-0.15, -0.1) is 11.8 Å². The van der Waals surface area contributed by atoms with Crippen molar-refractivity contribution in [2.24, 2.45) is 0 Å². The molecule has 138 valence electrons. The molecule has 1 fully saturated rings. The predicted octanol–water partition coefficient (Wildman–Crippen LogP) is 4.93. The van der Waals surface area contributed by atoms with E-state index in [2.05, 4.69) is 42.0 Å². The Morgan fingerprint density at radius 1 is 1.08 bits per heavy atom. The number of hydrogen-bond acceptors (Lipinski definition) is 4. The maximum absolute atomic E-state index is 13.8. The van der Waals surface area contributed by atoms with Gasteiger partial charge in [0.25, 0.3) is 0 Å². The van der Waals surface area contributed by atoms with Crippen LogP contribution >= 0.6 is 23.5 Å². The molecule has 26 heavy (non-hydrogen) atoms. The van der Waals surface area contributed by atoms with Gasteiger partial charge in [-0.05, 0) is 60.7 Å². The maximum atomic E-state index is 13.8. The lowest BCUT2D eigenvalue weighted by Crippen LogP contribution is -2.46. The number of halogens is 1. The molecule has 2 aromatic rings. The molecule has 0 N–H and O–H groups in total. The molecule has 0 aromatic heterocycles. The third-order valence-electron chi connectivity index (χ3n) is 5.29. The number of piperazine rings is 1. The minimum atomic E-state index is -0.144. The lowest BCUT2D eigenvalue weighted by molar-refractivity contribution is 0.109. The van der Waals surface area contributed by atoms with Crippen LogP contribution in [-0.2, 0) is 6.42 Å². The molecule has 2 aliphatic heterocycles. The Kier molecular flexibility index (Phi) is 5.60. The molecule has 0 bridgehead atoms. The number of hydrogen-bond donors (Lipinski definition) is 0. The van der Waals surface area contributed by atoms with Gasteiger partial charge in [-0.1, -0.05) is 24.8 Å². The van der Waals surface area contributed by atoms with Gasteiger partial charge in [0.1, 0.15) is 5.82 Å². The highest BCUT2D eigenvalue weighted by Crippen LogP contribution is 2.44. The zero-order chi connectivity index (χ0) is 18.1. The largest absolute Gasteiger partial charge is 0.304 e. The normalized spacial score (nSPS) is 21.1. The smallest absolute Gasteiger partial charge is 0.124 e. The Morgan fingerprint density at radius 3 is 2.65 bits per heavy atom. The van der Waals surface area contributed by atoms with E-state index in [1.54, 1.807) is 23.9 Å². The molecule has 0 amide bonds. The summed E-state index contributed by atoms with van der Waals surface area (Å²) in [5.41, 5.74) is 2.68. The van der Waals surface area contributed by atoms with Crippen molar-refractivity contribution < 1.29 is 4.39 Å². The summed E-state index contributed by atoms with van der Waals surface area (Å²) in [6, 6.07) is 12.5. The van der Waals surface area contributed by atoms with Crippen molar-refractivity contribution >= 4 is 23.5 Å². The van der Waals surface area contributed by atoms with Gasteiger partial charge in [0.2, 0.25) is 0 Å². The first-order chi connectivity index (χ1) is 12.6. The Hall–Kier alpha value is -1.01.